The number of carbonyl (C=O) groups excluding carboxylic acids is 1. The zero-order valence-corrected chi connectivity index (χ0v) is 19.4. The van der Waals surface area contributed by atoms with Gasteiger partial charge in [-0.05, 0) is 44.1 Å². The number of carbonyl (C=O) groups is 1. The monoisotopic (exact) mass is 479 g/mol. The van der Waals surface area contributed by atoms with Gasteiger partial charge >= 0.3 is 0 Å². The van der Waals surface area contributed by atoms with Gasteiger partial charge in [0.1, 0.15) is 17.1 Å². The molecule has 1 aliphatic carbocycles. The van der Waals surface area contributed by atoms with Gasteiger partial charge in [0.25, 0.3) is 0 Å². The molecule has 164 valence electrons. The number of thioether (sulfide) groups is 1. The molecule has 1 aliphatic rings. The van der Waals surface area contributed by atoms with Crippen LogP contribution in [-0.4, -0.2) is 44.4 Å². The Morgan fingerprint density at radius 2 is 2.13 bits per heavy atom. The predicted octanol–water partition coefficient (Wildman–Crippen LogP) is 4.57. The van der Waals surface area contributed by atoms with Gasteiger partial charge in [-0.2, -0.15) is 5.10 Å². The topological polar surface area (TPSA) is 81.4 Å². The van der Waals surface area contributed by atoms with Crippen molar-refractivity contribution < 1.29 is 9.53 Å². The van der Waals surface area contributed by atoms with E-state index < -0.39 is 0 Å². The SMILES string of the molecule is CSc1ncnn2c(Cc3c(OCCCCC(=O)NC4CC4)ccc(Cl)c3Cl)cnc12. The summed E-state index contributed by atoms with van der Waals surface area (Å²) in [6.07, 6.45) is 9.97. The Bertz CT molecular complexity index is 1090. The van der Waals surface area contributed by atoms with Crippen LogP contribution in [0.2, 0.25) is 10.0 Å². The highest BCUT2D eigenvalue weighted by molar-refractivity contribution is 7.98. The average molecular weight is 480 g/mol. The van der Waals surface area contributed by atoms with Crippen molar-refractivity contribution in [3.8, 4) is 5.75 Å². The van der Waals surface area contributed by atoms with Gasteiger partial charge in [-0.15, -0.1) is 11.8 Å². The molecule has 10 heteroatoms. The molecule has 1 fully saturated rings. The Balaban J connectivity index is 1.43. The summed E-state index contributed by atoms with van der Waals surface area (Å²) in [6, 6.07) is 3.96. The number of nitrogens with one attached hydrogen (secondary N) is 1. The molecule has 1 saturated carbocycles. The van der Waals surface area contributed by atoms with E-state index in [4.69, 9.17) is 27.9 Å². The zero-order chi connectivity index (χ0) is 21.8. The Morgan fingerprint density at radius 3 is 2.90 bits per heavy atom. The van der Waals surface area contributed by atoms with Crippen molar-refractivity contribution >= 4 is 46.5 Å². The largest absolute Gasteiger partial charge is 0.493 e. The van der Waals surface area contributed by atoms with Crippen LogP contribution in [0.5, 0.6) is 5.75 Å². The molecule has 2 aromatic heterocycles. The van der Waals surface area contributed by atoms with Gasteiger partial charge in [0.2, 0.25) is 5.91 Å². The third kappa shape index (κ3) is 5.42. The number of hydrogen-bond donors (Lipinski definition) is 1. The first-order chi connectivity index (χ1) is 15.1. The van der Waals surface area contributed by atoms with Crippen LogP contribution in [0, 0.1) is 0 Å². The maximum absolute atomic E-state index is 11.8. The summed E-state index contributed by atoms with van der Waals surface area (Å²) in [5, 5.41) is 9.06. The molecule has 2 heterocycles. The van der Waals surface area contributed by atoms with Gasteiger partial charge in [-0.25, -0.2) is 14.5 Å². The van der Waals surface area contributed by atoms with Gasteiger partial charge in [0, 0.05) is 24.4 Å². The van der Waals surface area contributed by atoms with Gasteiger partial charge in [0.15, 0.2) is 5.65 Å². The molecule has 0 radical (unpaired) electrons. The summed E-state index contributed by atoms with van der Waals surface area (Å²) in [6.45, 7) is 0.494. The van der Waals surface area contributed by atoms with E-state index >= 15 is 0 Å². The molecule has 0 aliphatic heterocycles. The molecular formula is C21H23Cl2N5O2S. The smallest absolute Gasteiger partial charge is 0.220 e. The maximum Gasteiger partial charge on any atom is 0.220 e. The van der Waals surface area contributed by atoms with Crippen LogP contribution in [0.3, 0.4) is 0 Å². The summed E-state index contributed by atoms with van der Waals surface area (Å²) in [5.41, 5.74) is 2.35. The first kappa shape index (κ1) is 22.2. The molecular weight excluding hydrogens is 457 g/mol. The second kappa shape index (κ2) is 10.1. The fourth-order valence-corrected chi connectivity index (χ4v) is 4.14. The maximum atomic E-state index is 11.8. The summed E-state index contributed by atoms with van der Waals surface area (Å²) < 4.78 is 7.77. The number of hydrogen-bond acceptors (Lipinski definition) is 6. The molecule has 1 amide bonds. The summed E-state index contributed by atoms with van der Waals surface area (Å²) in [7, 11) is 0. The highest BCUT2D eigenvalue weighted by atomic mass is 35.5. The molecule has 31 heavy (non-hydrogen) atoms. The van der Waals surface area contributed by atoms with E-state index in [1.807, 2.05) is 12.3 Å². The van der Waals surface area contributed by atoms with E-state index in [-0.39, 0.29) is 5.91 Å². The summed E-state index contributed by atoms with van der Waals surface area (Å²) in [4.78, 5) is 20.5. The van der Waals surface area contributed by atoms with Crippen LogP contribution >= 0.6 is 35.0 Å². The van der Waals surface area contributed by atoms with Gasteiger partial charge in [-0.1, -0.05) is 23.2 Å². The highest BCUT2D eigenvalue weighted by Gasteiger charge is 2.22. The highest BCUT2D eigenvalue weighted by Crippen LogP contribution is 2.35. The Labute approximate surface area is 194 Å². The van der Waals surface area contributed by atoms with E-state index in [0.717, 1.165) is 42.0 Å². The average Bonchev–Trinajstić information content (AvgIpc) is 3.49. The Morgan fingerprint density at radius 1 is 1.29 bits per heavy atom. The van der Waals surface area contributed by atoms with Crippen molar-refractivity contribution in [2.24, 2.45) is 0 Å². The van der Waals surface area contributed by atoms with Gasteiger partial charge in [-0.3, -0.25) is 4.79 Å². The van der Waals surface area contributed by atoms with Crippen molar-refractivity contribution in [1.29, 1.82) is 0 Å². The number of benzene rings is 1. The van der Waals surface area contributed by atoms with Crippen LogP contribution in [0.4, 0.5) is 0 Å². The van der Waals surface area contributed by atoms with Crippen LogP contribution in [-0.2, 0) is 11.2 Å². The normalized spacial score (nSPS) is 13.5. The lowest BCUT2D eigenvalue weighted by molar-refractivity contribution is -0.121. The van der Waals surface area contributed by atoms with Crippen LogP contribution in [0.15, 0.2) is 29.7 Å². The standard InChI is InChI=1S/C21H23Cl2N5O2S/c1-31-21-20-24-11-14(28(20)26-12-25-21)10-15-17(8-7-16(22)19(15)23)30-9-3-2-4-18(29)27-13-5-6-13/h7-8,11-13H,2-6,9-10H2,1H3,(H,27,29). The minimum absolute atomic E-state index is 0.122. The molecule has 0 atom stereocenters. The van der Waals surface area contributed by atoms with E-state index in [1.165, 1.54) is 18.1 Å². The molecule has 0 spiro atoms. The van der Waals surface area contributed by atoms with E-state index in [2.05, 4.69) is 20.4 Å². The number of unbranched alkanes of at least 4 members (excludes halogenated alkanes) is 1. The van der Waals surface area contributed by atoms with E-state index in [9.17, 15) is 4.79 Å². The zero-order valence-electron chi connectivity index (χ0n) is 17.1. The minimum Gasteiger partial charge on any atom is -0.493 e. The van der Waals surface area contributed by atoms with Crippen molar-refractivity contribution in [3.63, 3.8) is 0 Å². The van der Waals surface area contributed by atoms with Crippen molar-refractivity contribution in [2.75, 3.05) is 12.9 Å². The Kier molecular flexibility index (Phi) is 7.20. The number of ether oxygens (including phenoxy) is 1. The molecule has 3 aromatic rings. The molecule has 7 nitrogen and oxygen atoms in total. The lowest BCUT2D eigenvalue weighted by atomic mass is 10.1. The Hall–Kier alpha value is -2.03. The second-order valence-corrected chi connectivity index (χ2v) is 9.00. The van der Waals surface area contributed by atoms with Crippen LogP contribution in [0.25, 0.3) is 5.65 Å². The van der Waals surface area contributed by atoms with Crippen LogP contribution in [0.1, 0.15) is 43.4 Å². The number of imidazole rings is 1. The van der Waals surface area contributed by atoms with E-state index in [1.54, 1.807) is 16.8 Å². The van der Waals surface area contributed by atoms with Crippen LogP contribution < -0.4 is 10.1 Å². The summed E-state index contributed by atoms with van der Waals surface area (Å²) in [5.74, 6) is 0.794. The third-order valence-corrected chi connectivity index (χ3v) is 6.56. The predicted molar refractivity (Wildman–Crippen MR) is 122 cm³/mol. The fourth-order valence-electron chi connectivity index (χ4n) is 3.26. The van der Waals surface area contributed by atoms with Gasteiger partial charge < -0.3 is 10.1 Å². The number of amides is 1. The number of nitrogens with zero attached hydrogens (tertiary/aromatic N) is 4. The van der Waals surface area contributed by atoms with Crippen molar-refractivity contribution in [1.82, 2.24) is 24.9 Å². The summed E-state index contributed by atoms with van der Waals surface area (Å²) >= 11 is 14.3. The van der Waals surface area contributed by atoms with E-state index in [0.29, 0.717) is 46.9 Å². The molecule has 4 rings (SSSR count). The molecule has 0 unspecified atom stereocenters. The number of aromatic nitrogens is 4. The number of rotatable bonds is 10. The lowest BCUT2D eigenvalue weighted by Crippen LogP contribution is -2.24. The molecule has 0 bridgehead atoms. The van der Waals surface area contributed by atoms with Crippen molar-refractivity contribution in [3.05, 3.63) is 46.0 Å². The first-order valence-electron chi connectivity index (χ1n) is 10.2. The first-order valence-corrected chi connectivity index (χ1v) is 12.2. The number of fused-ring (bicyclic) bond motifs is 1. The number of halogens is 2. The van der Waals surface area contributed by atoms with Gasteiger partial charge in [0.05, 0.1) is 28.5 Å². The lowest BCUT2D eigenvalue weighted by Gasteiger charge is -2.14. The quantitative estimate of drug-likeness (QED) is 0.338. The molecule has 1 aromatic carbocycles. The minimum atomic E-state index is 0.122. The molecule has 1 N–H and O–H groups in total. The second-order valence-electron chi connectivity index (χ2n) is 7.42. The fraction of sp³-hybridized carbons (Fsp3) is 0.429. The molecule has 0 saturated heterocycles. The van der Waals surface area contributed by atoms with Crippen molar-refractivity contribution in [2.45, 2.75) is 49.6 Å². The third-order valence-electron chi connectivity index (χ3n) is 5.04.